The lowest BCUT2D eigenvalue weighted by Crippen LogP contribution is -2.64. The van der Waals surface area contributed by atoms with E-state index >= 15 is 0 Å². The van der Waals surface area contributed by atoms with Crippen LogP contribution >= 0.6 is 11.8 Å². The van der Waals surface area contributed by atoms with Gasteiger partial charge in [-0.25, -0.2) is 4.79 Å². The molecular weight excluding hydrogens is 194 g/mol. The Morgan fingerprint density at radius 2 is 2.46 bits per heavy atom. The molecule has 3 atom stereocenters. The molecule has 13 heavy (non-hydrogen) atoms. The van der Waals surface area contributed by atoms with Gasteiger partial charge in [-0.15, -0.1) is 11.8 Å². The second-order valence-corrected chi connectivity index (χ2v) is 4.10. The lowest BCUT2D eigenvalue weighted by atomic mass is 10.1. The van der Waals surface area contributed by atoms with Crippen LogP contribution < -0.4 is 0 Å². The lowest BCUT2D eigenvalue weighted by Gasteiger charge is -2.40. The molecule has 0 aliphatic carbocycles. The highest BCUT2D eigenvalue weighted by Crippen LogP contribution is 2.39. The van der Waals surface area contributed by atoms with E-state index in [2.05, 4.69) is 4.74 Å². The number of carbonyl (C=O) groups is 2. The van der Waals surface area contributed by atoms with Crippen LogP contribution in [0.15, 0.2) is 0 Å². The van der Waals surface area contributed by atoms with E-state index in [0.29, 0.717) is 5.75 Å². The van der Waals surface area contributed by atoms with Crippen molar-refractivity contribution < 1.29 is 19.4 Å². The summed E-state index contributed by atoms with van der Waals surface area (Å²) in [6.45, 7) is 0. The zero-order chi connectivity index (χ0) is 9.59. The third kappa shape index (κ3) is 1.05. The number of fused-ring (bicyclic) bond motifs is 1. The van der Waals surface area contributed by atoms with Crippen LogP contribution in [0.25, 0.3) is 0 Å². The number of hydrogen-bond acceptors (Lipinski definition) is 5. The molecular formula is C7H9NO4S. The number of aliphatic hydroxyl groups is 1. The molecule has 0 saturated carbocycles. The molecule has 2 saturated heterocycles. The van der Waals surface area contributed by atoms with E-state index < -0.39 is 18.1 Å². The number of esters is 1. The summed E-state index contributed by atoms with van der Waals surface area (Å²) in [5, 5.41) is 8.96. The molecule has 0 aromatic rings. The van der Waals surface area contributed by atoms with Crippen LogP contribution in [-0.2, 0) is 14.3 Å². The third-order valence-electron chi connectivity index (χ3n) is 2.29. The fourth-order valence-electron chi connectivity index (χ4n) is 1.56. The predicted octanol–water partition coefficient (Wildman–Crippen LogP) is -1.20. The Kier molecular flexibility index (Phi) is 1.96. The number of thioether (sulfide) groups is 1. The van der Waals surface area contributed by atoms with Gasteiger partial charge in [0.2, 0.25) is 0 Å². The molecule has 0 spiro atoms. The number of rotatable bonds is 1. The first-order valence-electron chi connectivity index (χ1n) is 3.86. The highest BCUT2D eigenvalue weighted by Gasteiger charge is 2.56. The standard InChI is InChI=1S/C7H9NO4S/c1-12-7(11)3-2-13-6-4(9)5(10)8(3)6/h3-4,6,9H,2H2,1H3. The average molecular weight is 203 g/mol. The van der Waals surface area contributed by atoms with E-state index in [1.54, 1.807) is 0 Å². The summed E-state index contributed by atoms with van der Waals surface area (Å²) in [4.78, 5) is 23.7. The van der Waals surface area contributed by atoms with Gasteiger partial charge >= 0.3 is 5.97 Å². The van der Waals surface area contributed by atoms with Crippen molar-refractivity contribution in [3.8, 4) is 0 Å². The third-order valence-corrected chi connectivity index (χ3v) is 3.62. The van der Waals surface area contributed by atoms with Crippen LogP contribution in [0.4, 0.5) is 0 Å². The monoisotopic (exact) mass is 203 g/mol. The van der Waals surface area contributed by atoms with Gasteiger partial charge in [0, 0.05) is 5.75 Å². The summed E-state index contributed by atoms with van der Waals surface area (Å²) in [6.07, 6.45) is -0.931. The highest BCUT2D eigenvalue weighted by molar-refractivity contribution is 8.00. The molecule has 3 unspecified atom stereocenters. The minimum atomic E-state index is -0.931. The van der Waals surface area contributed by atoms with Crippen molar-refractivity contribution >= 4 is 23.6 Å². The van der Waals surface area contributed by atoms with E-state index in [9.17, 15) is 14.7 Å². The lowest BCUT2D eigenvalue weighted by molar-refractivity contribution is -0.169. The topological polar surface area (TPSA) is 66.8 Å². The number of aliphatic hydroxyl groups excluding tert-OH is 1. The molecule has 2 aliphatic rings. The van der Waals surface area contributed by atoms with Crippen molar-refractivity contribution in [2.45, 2.75) is 17.5 Å². The zero-order valence-electron chi connectivity index (χ0n) is 6.97. The van der Waals surface area contributed by atoms with E-state index in [1.807, 2.05) is 0 Å². The number of ether oxygens (including phenoxy) is 1. The number of carbonyl (C=O) groups excluding carboxylic acids is 2. The molecule has 0 radical (unpaired) electrons. The molecule has 1 amide bonds. The van der Waals surface area contributed by atoms with Crippen LogP contribution in [0.1, 0.15) is 0 Å². The summed E-state index contributed by atoms with van der Waals surface area (Å²) >= 11 is 1.41. The van der Waals surface area contributed by atoms with Crippen LogP contribution in [0, 0.1) is 0 Å². The van der Waals surface area contributed by atoms with Crippen LogP contribution in [-0.4, -0.2) is 52.3 Å². The number of methoxy groups -OCH3 is 1. The Labute approximate surface area is 79.0 Å². The summed E-state index contributed by atoms with van der Waals surface area (Å²) < 4.78 is 4.54. The largest absolute Gasteiger partial charge is 0.467 e. The summed E-state index contributed by atoms with van der Waals surface area (Å²) in [7, 11) is 1.29. The fraction of sp³-hybridized carbons (Fsp3) is 0.714. The van der Waals surface area contributed by atoms with Gasteiger partial charge in [0.25, 0.3) is 5.91 Å². The molecule has 2 fully saturated rings. The maximum atomic E-state index is 11.1. The van der Waals surface area contributed by atoms with Crippen LogP contribution in [0.5, 0.6) is 0 Å². The van der Waals surface area contributed by atoms with Crippen molar-refractivity contribution in [2.75, 3.05) is 12.9 Å². The SMILES string of the molecule is COC(=O)C1CSC2C(O)C(=O)N12. The minimum Gasteiger partial charge on any atom is -0.467 e. The van der Waals surface area contributed by atoms with E-state index in [4.69, 9.17) is 0 Å². The fourth-order valence-corrected chi connectivity index (χ4v) is 2.95. The predicted molar refractivity (Wildman–Crippen MR) is 44.9 cm³/mol. The van der Waals surface area contributed by atoms with Gasteiger partial charge < -0.3 is 14.7 Å². The number of nitrogens with zero attached hydrogens (tertiary/aromatic N) is 1. The molecule has 0 bridgehead atoms. The number of hydrogen-bond donors (Lipinski definition) is 1. The quantitative estimate of drug-likeness (QED) is 0.428. The molecule has 5 nitrogen and oxygen atoms in total. The van der Waals surface area contributed by atoms with Crippen molar-refractivity contribution in [1.82, 2.24) is 4.90 Å². The molecule has 0 aromatic carbocycles. The molecule has 2 rings (SSSR count). The van der Waals surface area contributed by atoms with Gasteiger partial charge in [0.15, 0.2) is 6.10 Å². The Morgan fingerprint density at radius 1 is 1.77 bits per heavy atom. The Morgan fingerprint density at radius 3 is 3.08 bits per heavy atom. The van der Waals surface area contributed by atoms with Gasteiger partial charge in [0.1, 0.15) is 11.4 Å². The first-order chi connectivity index (χ1) is 6.16. The average Bonchev–Trinajstić information content (AvgIpc) is 2.56. The second kappa shape index (κ2) is 2.88. The first-order valence-corrected chi connectivity index (χ1v) is 4.91. The van der Waals surface area contributed by atoms with Gasteiger partial charge in [-0.3, -0.25) is 4.79 Å². The minimum absolute atomic E-state index is 0.239. The van der Waals surface area contributed by atoms with Crippen LogP contribution in [0.2, 0.25) is 0 Å². The van der Waals surface area contributed by atoms with Gasteiger partial charge in [-0.2, -0.15) is 0 Å². The van der Waals surface area contributed by atoms with Crippen molar-refractivity contribution in [3.05, 3.63) is 0 Å². The van der Waals surface area contributed by atoms with E-state index in [1.165, 1.54) is 23.8 Å². The Balaban J connectivity index is 2.11. The summed E-state index contributed by atoms with van der Waals surface area (Å²) in [5.41, 5.74) is 0. The van der Waals surface area contributed by atoms with Gasteiger partial charge in [0.05, 0.1) is 7.11 Å². The van der Waals surface area contributed by atoms with Gasteiger partial charge in [-0.05, 0) is 0 Å². The van der Waals surface area contributed by atoms with Crippen molar-refractivity contribution in [3.63, 3.8) is 0 Å². The van der Waals surface area contributed by atoms with Crippen LogP contribution in [0.3, 0.4) is 0 Å². The summed E-state index contributed by atoms with van der Waals surface area (Å²) in [5.74, 6) is -0.263. The second-order valence-electron chi connectivity index (χ2n) is 2.95. The Bertz CT molecular complexity index is 261. The highest BCUT2D eigenvalue weighted by atomic mass is 32.2. The number of amides is 1. The first kappa shape index (κ1) is 8.83. The summed E-state index contributed by atoms with van der Waals surface area (Å²) in [6, 6.07) is -0.504. The maximum absolute atomic E-state index is 11.1. The van der Waals surface area contributed by atoms with Crippen molar-refractivity contribution in [1.29, 1.82) is 0 Å². The maximum Gasteiger partial charge on any atom is 0.329 e. The smallest absolute Gasteiger partial charge is 0.329 e. The molecule has 1 N–H and O–H groups in total. The number of β-lactam (4-membered cyclic amide) rings is 1. The van der Waals surface area contributed by atoms with Crippen molar-refractivity contribution in [2.24, 2.45) is 0 Å². The molecule has 2 aliphatic heterocycles. The van der Waals surface area contributed by atoms with E-state index in [0.717, 1.165) is 0 Å². The zero-order valence-corrected chi connectivity index (χ0v) is 7.78. The van der Waals surface area contributed by atoms with Gasteiger partial charge in [-0.1, -0.05) is 0 Å². The molecule has 6 heteroatoms. The molecule has 72 valence electrons. The molecule has 2 heterocycles. The normalized spacial score (nSPS) is 36.9. The van der Waals surface area contributed by atoms with E-state index in [-0.39, 0.29) is 11.3 Å². The Hall–Kier alpha value is -0.750. The molecule has 0 aromatic heterocycles.